The van der Waals surface area contributed by atoms with Crippen LogP contribution >= 0.6 is 0 Å². The zero-order valence-electron chi connectivity index (χ0n) is 6.84. The molecule has 7 nitrogen and oxygen atoms in total. The summed E-state index contributed by atoms with van der Waals surface area (Å²) < 4.78 is 0. The zero-order chi connectivity index (χ0) is 0. The van der Waals surface area contributed by atoms with Crippen LogP contribution < -0.4 is 0 Å². The Balaban J connectivity index is 0. The van der Waals surface area contributed by atoms with E-state index in [1.165, 1.54) is 0 Å². The Bertz CT molecular complexity index is 22.5. The van der Waals surface area contributed by atoms with Gasteiger partial charge in [-0.3, -0.25) is 0 Å². The zero-order valence-corrected chi connectivity index (χ0v) is 20.9. The van der Waals surface area contributed by atoms with Crippen LogP contribution in [0.15, 0.2) is 0 Å². The van der Waals surface area contributed by atoms with Gasteiger partial charge in [0.15, 0.2) is 0 Å². The SMILES string of the molecule is [Al+3].[Al+3].[Ba+2].[Ba+2].[Mg+2].[Mg+2].[O-2].[O-2].[O-2].[O-2].[O-2].[O-2].[O-2]. The van der Waals surface area contributed by atoms with Crippen molar-refractivity contribution in [1.82, 2.24) is 0 Å². The van der Waals surface area contributed by atoms with Crippen LogP contribution in [0.1, 0.15) is 0 Å². The van der Waals surface area contributed by atoms with Gasteiger partial charge in [0.05, 0.1) is 0 Å². The Hall–Kier alpha value is 5.46. The fourth-order valence-electron chi connectivity index (χ4n) is 0. The molecule has 0 spiro atoms. The molecular weight excluding hydrogens is 489 g/mol. The van der Waals surface area contributed by atoms with Gasteiger partial charge in [-0.15, -0.1) is 0 Å². The van der Waals surface area contributed by atoms with Crippen molar-refractivity contribution in [2.45, 2.75) is 0 Å². The van der Waals surface area contributed by atoms with E-state index in [1.54, 1.807) is 0 Å². The van der Waals surface area contributed by atoms with Crippen LogP contribution in [0.2, 0.25) is 0 Å². The maximum atomic E-state index is 0. The van der Waals surface area contributed by atoms with E-state index < -0.39 is 0 Å². The molecule has 0 aromatic rings. The summed E-state index contributed by atoms with van der Waals surface area (Å²) in [5.74, 6) is 0. The molecule has 0 heterocycles. The van der Waals surface area contributed by atoms with Crippen molar-refractivity contribution < 1.29 is 38.3 Å². The van der Waals surface area contributed by atoms with E-state index >= 15 is 0 Å². The van der Waals surface area contributed by atoms with Crippen LogP contribution in [0, 0.1) is 0 Å². The van der Waals surface area contributed by atoms with Crippen molar-refractivity contribution in [2.75, 3.05) is 0 Å². The van der Waals surface area contributed by atoms with E-state index in [1.807, 2.05) is 0 Å². The quantitative estimate of drug-likeness (QED) is 0.311. The Morgan fingerprint density at radius 3 is 0.308 bits per heavy atom. The third-order valence-corrected chi connectivity index (χ3v) is 0. The molecule has 0 aliphatic rings. The monoisotopic (exact) mass is 490 g/mol. The van der Waals surface area contributed by atoms with Gasteiger partial charge in [-0.1, -0.05) is 0 Å². The van der Waals surface area contributed by atoms with Crippen molar-refractivity contribution in [3.63, 3.8) is 0 Å². The van der Waals surface area contributed by atoms with Crippen LogP contribution in [-0.2, 0) is 38.3 Å². The minimum atomic E-state index is 0. The van der Waals surface area contributed by atoms with Gasteiger partial charge in [0.2, 0.25) is 0 Å². The third kappa shape index (κ3) is 140. The minimum Gasteiger partial charge on any atom is -2.00 e. The predicted octanol–water partition coefficient (Wildman–Crippen LogP) is -3.12. The topological polar surface area (TPSA) is 200 Å². The molecule has 0 fully saturated rings. The summed E-state index contributed by atoms with van der Waals surface area (Å²) >= 11 is 0. The normalized spacial score (nSPS) is 0. The molecule has 0 bridgehead atoms. The van der Waals surface area contributed by atoms with Crippen molar-refractivity contribution in [1.29, 1.82) is 0 Å². The summed E-state index contributed by atoms with van der Waals surface area (Å²) in [6.45, 7) is 0. The van der Waals surface area contributed by atoms with Gasteiger partial charge in [-0.2, -0.15) is 0 Å². The maximum Gasteiger partial charge on any atom is 3.00 e. The number of hydrogen-bond acceptors (Lipinski definition) is 0. The summed E-state index contributed by atoms with van der Waals surface area (Å²) in [5, 5.41) is 0. The second-order valence-corrected chi connectivity index (χ2v) is 0. The standard InChI is InChI=1S/2Al.2Ba.2Mg.7O/q2*+3;4*+2;7*-2. The van der Waals surface area contributed by atoms with Crippen molar-refractivity contribution in [2.24, 2.45) is 0 Å². The van der Waals surface area contributed by atoms with Crippen molar-refractivity contribution in [3.05, 3.63) is 0 Å². The summed E-state index contributed by atoms with van der Waals surface area (Å²) in [6.07, 6.45) is 0. The second-order valence-electron chi connectivity index (χ2n) is 0. The Morgan fingerprint density at radius 1 is 0.308 bits per heavy atom. The van der Waals surface area contributed by atoms with E-state index in [9.17, 15) is 0 Å². The van der Waals surface area contributed by atoms with Gasteiger partial charge in [0, 0.05) is 0 Å². The first-order valence-corrected chi connectivity index (χ1v) is 0. The van der Waals surface area contributed by atoms with Crippen molar-refractivity contribution >= 4 is 179 Å². The summed E-state index contributed by atoms with van der Waals surface area (Å²) in [5.41, 5.74) is 0. The molecule has 13 heteroatoms. The molecule has 0 atom stereocenters. The third-order valence-electron chi connectivity index (χ3n) is 0. The van der Waals surface area contributed by atoms with Crippen LogP contribution in [0.25, 0.3) is 0 Å². The van der Waals surface area contributed by atoms with Crippen LogP contribution in [-0.4, -0.2) is 179 Å². The van der Waals surface area contributed by atoms with Crippen molar-refractivity contribution in [3.8, 4) is 0 Å². The number of hydrogen-bond donors (Lipinski definition) is 0. The van der Waals surface area contributed by atoms with Gasteiger partial charge in [-0.05, 0) is 0 Å². The largest absolute Gasteiger partial charge is 3.00 e. The molecular formula is Al2Ba2Mg2O7. The van der Waals surface area contributed by atoms with E-state index in [4.69, 9.17) is 0 Å². The molecule has 0 saturated heterocycles. The fraction of sp³-hybridized carbons (Fsp3) is 0. The Labute approximate surface area is 211 Å². The molecule has 0 radical (unpaired) electrons. The molecule has 0 unspecified atom stereocenters. The smallest absolute Gasteiger partial charge is 2.00 e. The van der Waals surface area contributed by atoms with Crippen LogP contribution in [0.3, 0.4) is 0 Å². The molecule has 0 amide bonds. The summed E-state index contributed by atoms with van der Waals surface area (Å²) in [7, 11) is 0. The average Bonchev–Trinajstić information content (AvgIpc) is 0. The van der Waals surface area contributed by atoms with Gasteiger partial charge in [0.1, 0.15) is 0 Å². The summed E-state index contributed by atoms with van der Waals surface area (Å²) in [4.78, 5) is 0. The minimum absolute atomic E-state index is 0. The molecule has 56 valence electrons. The van der Waals surface area contributed by atoms with Gasteiger partial charge in [0.25, 0.3) is 0 Å². The van der Waals surface area contributed by atoms with Gasteiger partial charge >= 0.3 is 179 Å². The Kier molecular flexibility index (Phi) is 2300. The van der Waals surface area contributed by atoms with E-state index in [0.717, 1.165) is 0 Å². The first kappa shape index (κ1) is 189. The van der Waals surface area contributed by atoms with E-state index in [2.05, 4.69) is 0 Å². The fourth-order valence-corrected chi connectivity index (χ4v) is 0. The molecule has 13 heavy (non-hydrogen) atoms. The van der Waals surface area contributed by atoms with E-state index in [0.29, 0.717) is 0 Å². The molecule has 0 aromatic heterocycles. The molecule has 0 aliphatic heterocycles. The van der Waals surface area contributed by atoms with Gasteiger partial charge < -0.3 is 38.3 Å². The first-order chi connectivity index (χ1) is 0. The maximum absolute atomic E-state index is 0. The molecule has 0 rings (SSSR count). The predicted molar refractivity (Wildman–Crippen MR) is 39.3 cm³/mol. The molecule has 0 N–H and O–H groups in total. The second kappa shape index (κ2) is 159. The van der Waals surface area contributed by atoms with Crippen LogP contribution in [0.4, 0.5) is 0 Å². The molecule has 0 aromatic carbocycles. The van der Waals surface area contributed by atoms with E-state index in [-0.39, 0.29) is 217 Å². The average molecular weight is 489 g/mol. The Morgan fingerprint density at radius 2 is 0.308 bits per heavy atom. The molecule has 0 aliphatic carbocycles. The first-order valence-electron chi connectivity index (χ1n) is 0. The van der Waals surface area contributed by atoms with Crippen LogP contribution in [0.5, 0.6) is 0 Å². The van der Waals surface area contributed by atoms with Gasteiger partial charge in [-0.25, -0.2) is 0 Å². The summed E-state index contributed by atoms with van der Waals surface area (Å²) in [6, 6.07) is 0. The molecule has 0 saturated carbocycles. The number of rotatable bonds is 0.